The minimum atomic E-state index is -0.245. The van der Waals surface area contributed by atoms with Crippen molar-refractivity contribution in [2.75, 3.05) is 7.11 Å². The lowest BCUT2D eigenvalue weighted by Crippen LogP contribution is -1.88. The van der Waals surface area contributed by atoms with Crippen LogP contribution >= 0.6 is 0 Å². The Balaban J connectivity index is 0. The van der Waals surface area contributed by atoms with Gasteiger partial charge in [-0.25, -0.2) is 0 Å². The molecule has 0 saturated heterocycles. The summed E-state index contributed by atoms with van der Waals surface area (Å²) in [7, 11) is 1.21. The maximum Gasteiger partial charge on any atom is 0.302 e. The third-order valence-corrected chi connectivity index (χ3v) is 0.287. The van der Waals surface area contributed by atoms with Crippen LogP contribution in [0.2, 0.25) is 19.6 Å². The van der Waals surface area contributed by atoms with Gasteiger partial charge >= 0.3 is 5.97 Å². The molecule has 0 aromatic heterocycles. The number of hydrogen-bond donors (Lipinski definition) is 0. The second-order valence-corrected chi connectivity index (χ2v) is 5.89. The van der Waals surface area contributed by atoms with E-state index in [1.807, 2.05) is 0 Å². The van der Waals surface area contributed by atoms with Crippen LogP contribution in [-0.2, 0) is 9.53 Å². The van der Waals surface area contributed by atoms with Gasteiger partial charge in [0.15, 0.2) is 0 Å². The van der Waals surface area contributed by atoms with Gasteiger partial charge in [0.05, 0.1) is 7.11 Å². The van der Waals surface area contributed by atoms with E-state index in [0.717, 1.165) is 0 Å². The molecule has 0 aliphatic rings. The fourth-order valence-corrected chi connectivity index (χ4v) is 0. The van der Waals surface area contributed by atoms with E-state index >= 15 is 0 Å². The Bertz CT molecular complexity index is 68.7. The number of carbonyl (C=O) groups is 1. The van der Waals surface area contributed by atoms with Crippen LogP contribution in [0.3, 0.4) is 0 Å². The van der Waals surface area contributed by atoms with E-state index in [1.165, 1.54) is 14.0 Å². The number of hydrogen-bond acceptors (Lipinski definition) is 2. The highest BCUT2D eigenvalue weighted by Crippen LogP contribution is 1.68. The summed E-state index contributed by atoms with van der Waals surface area (Å²) < 4.78 is 4.11. The van der Waals surface area contributed by atoms with E-state index in [4.69, 9.17) is 0 Å². The molecule has 0 aromatic carbocycles. The summed E-state index contributed by atoms with van der Waals surface area (Å²) in [6.45, 7) is 8.28. The summed E-state index contributed by atoms with van der Waals surface area (Å²) in [5.74, 6) is -0.245. The number of rotatable bonds is 0. The zero-order valence-corrected chi connectivity index (χ0v) is 8.05. The number of ether oxygens (including phenoxy) is 1. The monoisotopic (exact) mass is 148 g/mol. The van der Waals surface area contributed by atoms with E-state index in [9.17, 15) is 4.79 Å². The molecular formula is C6H16O2Si. The van der Waals surface area contributed by atoms with Gasteiger partial charge in [-0.15, -0.1) is 0 Å². The molecule has 3 heteroatoms. The molecule has 0 N–H and O–H groups in total. The quantitative estimate of drug-likeness (QED) is 0.382. The lowest BCUT2D eigenvalue weighted by molar-refractivity contribution is -0.137. The molecule has 0 saturated carbocycles. The first-order valence-electron chi connectivity index (χ1n) is 3.05. The molecule has 0 radical (unpaired) electrons. The van der Waals surface area contributed by atoms with Crippen molar-refractivity contribution in [1.29, 1.82) is 0 Å². The number of esters is 1. The molecule has 2 nitrogen and oxygen atoms in total. The van der Waals surface area contributed by atoms with Crippen LogP contribution in [0.15, 0.2) is 0 Å². The molecule has 0 aromatic rings. The predicted molar refractivity (Wildman–Crippen MR) is 42.4 cm³/mol. The molecule has 0 fully saturated rings. The molecule has 0 heterocycles. The average Bonchev–Trinajstić information content (AvgIpc) is 1.65. The summed E-state index contributed by atoms with van der Waals surface area (Å²) in [5, 5.41) is 0. The Hall–Kier alpha value is -0.313. The Morgan fingerprint density at radius 2 is 1.44 bits per heavy atom. The van der Waals surface area contributed by atoms with Gasteiger partial charge in [-0.2, -0.15) is 0 Å². The van der Waals surface area contributed by atoms with Gasteiger partial charge in [0, 0.05) is 15.7 Å². The van der Waals surface area contributed by atoms with E-state index in [0.29, 0.717) is 0 Å². The Labute approximate surface area is 58.8 Å². The number of carbonyl (C=O) groups excluding carboxylic acids is 1. The molecule has 9 heavy (non-hydrogen) atoms. The maximum atomic E-state index is 9.59. The molecule has 0 unspecified atom stereocenters. The van der Waals surface area contributed by atoms with Crippen molar-refractivity contribution in [3.05, 3.63) is 0 Å². The Morgan fingerprint density at radius 3 is 1.44 bits per heavy atom. The Morgan fingerprint density at radius 1 is 1.33 bits per heavy atom. The van der Waals surface area contributed by atoms with Crippen LogP contribution in [0.1, 0.15) is 6.92 Å². The topological polar surface area (TPSA) is 26.3 Å². The normalized spacial score (nSPS) is 7.78. The molecule has 0 spiro atoms. The first-order valence-corrected chi connectivity index (χ1v) is 6.51. The summed E-state index contributed by atoms with van der Waals surface area (Å²) >= 11 is 0. The summed E-state index contributed by atoms with van der Waals surface area (Å²) in [5.41, 5.74) is 0. The third-order valence-electron chi connectivity index (χ3n) is 0.287. The van der Waals surface area contributed by atoms with E-state index in [-0.39, 0.29) is 14.8 Å². The fraction of sp³-hybridized carbons (Fsp3) is 0.833. The summed E-state index contributed by atoms with van der Waals surface area (Å²) in [6.07, 6.45) is 0. The zero-order valence-electron chi connectivity index (χ0n) is 6.89. The van der Waals surface area contributed by atoms with E-state index < -0.39 is 0 Å². The van der Waals surface area contributed by atoms with Gasteiger partial charge in [-0.05, 0) is 0 Å². The lowest BCUT2D eigenvalue weighted by Gasteiger charge is -1.80. The largest absolute Gasteiger partial charge is 0.469 e. The minimum absolute atomic E-state index is 0.139. The first kappa shape index (κ1) is 11.5. The van der Waals surface area contributed by atoms with Crippen LogP contribution in [0.5, 0.6) is 0 Å². The zero-order chi connectivity index (χ0) is 7.86. The summed E-state index contributed by atoms with van der Waals surface area (Å²) in [6, 6.07) is 0. The first-order chi connectivity index (χ1) is 4.00. The Kier molecular flexibility index (Phi) is 9.80. The second kappa shape index (κ2) is 7.69. The molecule has 0 amide bonds. The van der Waals surface area contributed by atoms with Crippen LogP contribution in [-0.4, -0.2) is 21.9 Å². The van der Waals surface area contributed by atoms with Crippen molar-refractivity contribution < 1.29 is 9.53 Å². The van der Waals surface area contributed by atoms with Crippen molar-refractivity contribution in [3.8, 4) is 0 Å². The van der Waals surface area contributed by atoms with Crippen LogP contribution in [0.25, 0.3) is 0 Å². The van der Waals surface area contributed by atoms with Crippen molar-refractivity contribution in [2.45, 2.75) is 26.6 Å². The maximum absolute atomic E-state index is 9.59. The van der Waals surface area contributed by atoms with Gasteiger partial charge in [-0.1, -0.05) is 19.6 Å². The highest BCUT2D eigenvalue weighted by molar-refractivity contribution is 6.54. The highest BCUT2D eigenvalue weighted by Gasteiger charge is 1.75. The van der Waals surface area contributed by atoms with Crippen molar-refractivity contribution in [3.63, 3.8) is 0 Å². The van der Waals surface area contributed by atoms with Gasteiger partial charge in [0.25, 0.3) is 0 Å². The van der Waals surface area contributed by atoms with Gasteiger partial charge in [-0.3, -0.25) is 4.79 Å². The SMILES string of the molecule is COC(C)=O.C[SiH](C)C. The third kappa shape index (κ3) is 87.4. The molecule has 0 aliphatic carbocycles. The average molecular weight is 148 g/mol. The van der Waals surface area contributed by atoms with Crippen molar-refractivity contribution >= 4 is 14.8 Å². The predicted octanol–water partition coefficient (Wildman–Crippen LogP) is 1.28. The standard InChI is InChI=1S/C3H6O2.C3H10Si/c1-3(4)5-2;1-4(2)3/h1-2H3;4H,1-3H3. The molecule has 0 bridgehead atoms. The minimum Gasteiger partial charge on any atom is -0.469 e. The van der Waals surface area contributed by atoms with Gasteiger partial charge in [0.1, 0.15) is 0 Å². The second-order valence-electron chi connectivity index (χ2n) is 2.43. The fourth-order valence-electron chi connectivity index (χ4n) is 0. The highest BCUT2D eigenvalue weighted by atomic mass is 28.3. The van der Waals surface area contributed by atoms with E-state index in [1.54, 1.807) is 0 Å². The molecule has 56 valence electrons. The number of methoxy groups -OCH3 is 1. The molecule has 0 aliphatic heterocycles. The smallest absolute Gasteiger partial charge is 0.302 e. The van der Waals surface area contributed by atoms with Crippen LogP contribution in [0.4, 0.5) is 0 Å². The lowest BCUT2D eigenvalue weighted by atomic mass is 10.8. The molecular weight excluding hydrogens is 132 g/mol. The van der Waals surface area contributed by atoms with Crippen LogP contribution < -0.4 is 0 Å². The van der Waals surface area contributed by atoms with Gasteiger partial charge in [0.2, 0.25) is 0 Å². The van der Waals surface area contributed by atoms with Crippen LogP contribution in [0, 0.1) is 0 Å². The van der Waals surface area contributed by atoms with E-state index in [2.05, 4.69) is 24.4 Å². The molecule has 0 atom stereocenters. The van der Waals surface area contributed by atoms with Crippen molar-refractivity contribution in [1.82, 2.24) is 0 Å². The molecule has 0 rings (SSSR count). The van der Waals surface area contributed by atoms with Crippen molar-refractivity contribution in [2.24, 2.45) is 0 Å². The van der Waals surface area contributed by atoms with Gasteiger partial charge < -0.3 is 4.74 Å². The summed E-state index contributed by atoms with van der Waals surface area (Å²) in [4.78, 5) is 9.59.